The number of hydrogen-bond donors (Lipinski definition) is 1. The van der Waals surface area contributed by atoms with Crippen LogP contribution in [0.25, 0.3) is 0 Å². The van der Waals surface area contributed by atoms with Gasteiger partial charge in [0, 0.05) is 10.8 Å². The van der Waals surface area contributed by atoms with Crippen LogP contribution >= 0.6 is 11.3 Å². The summed E-state index contributed by atoms with van der Waals surface area (Å²) in [6.07, 6.45) is 4.59. The fraction of sp³-hybridized carbons (Fsp3) is 0.583. The second-order valence-corrected chi connectivity index (χ2v) is 5.23. The molecule has 2 nitrogen and oxygen atoms in total. The molecule has 0 radical (unpaired) electrons. The minimum Gasteiger partial charge on any atom is -0.351 e. The fourth-order valence-corrected chi connectivity index (χ4v) is 2.93. The van der Waals surface area contributed by atoms with Gasteiger partial charge in [0.15, 0.2) is 0 Å². The van der Waals surface area contributed by atoms with Crippen LogP contribution in [-0.2, 0) is 11.3 Å². The Balaban J connectivity index is 1.83. The van der Waals surface area contributed by atoms with E-state index in [9.17, 15) is 4.79 Å². The molecule has 1 amide bonds. The zero-order valence-corrected chi connectivity index (χ0v) is 9.90. The molecule has 0 saturated heterocycles. The molecular formula is C12H17NOS. The van der Waals surface area contributed by atoms with Crippen molar-refractivity contribution in [2.45, 2.75) is 39.2 Å². The van der Waals surface area contributed by atoms with Crippen LogP contribution in [0.2, 0.25) is 0 Å². The SMILES string of the molecule is Cc1ccsc1CNC(=O)C1CCCC1. The largest absolute Gasteiger partial charge is 0.351 e. The van der Waals surface area contributed by atoms with Gasteiger partial charge in [0.2, 0.25) is 5.91 Å². The summed E-state index contributed by atoms with van der Waals surface area (Å²) in [6.45, 7) is 2.80. The summed E-state index contributed by atoms with van der Waals surface area (Å²) >= 11 is 1.72. The topological polar surface area (TPSA) is 29.1 Å². The van der Waals surface area contributed by atoms with Gasteiger partial charge >= 0.3 is 0 Å². The molecule has 1 aromatic heterocycles. The van der Waals surface area contributed by atoms with Crippen molar-refractivity contribution in [1.82, 2.24) is 5.32 Å². The highest BCUT2D eigenvalue weighted by molar-refractivity contribution is 7.10. The first kappa shape index (κ1) is 10.7. The average molecular weight is 223 g/mol. The van der Waals surface area contributed by atoms with Gasteiger partial charge in [-0.15, -0.1) is 11.3 Å². The standard InChI is InChI=1S/C12H17NOS/c1-9-6-7-15-11(9)8-13-12(14)10-4-2-3-5-10/h6-7,10H,2-5,8H2,1H3,(H,13,14). The number of thiophene rings is 1. The van der Waals surface area contributed by atoms with Gasteiger partial charge in [0.25, 0.3) is 0 Å². The van der Waals surface area contributed by atoms with Crippen molar-refractivity contribution in [3.63, 3.8) is 0 Å². The normalized spacial score (nSPS) is 16.9. The molecule has 1 aromatic rings. The molecule has 0 aliphatic heterocycles. The van der Waals surface area contributed by atoms with Crippen LogP contribution < -0.4 is 5.32 Å². The molecule has 0 bridgehead atoms. The molecule has 82 valence electrons. The van der Waals surface area contributed by atoms with E-state index < -0.39 is 0 Å². The maximum atomic E-state index is 11.7. The third-order valence-electron chi connectivity index (χ3n) is 3.12. The van der Waals surface area contributed by atoms with E-state index in [2.05, 4.69) is 23.7 Å². The zero-order valence-electron chi connectivity index (χ0n) is 9.08. The van der Waals surface area contributed by atoms with E-state index in [0.717, 1.165) is 12.8 Å². The Hall–Kier alpha value is -0.830. The Kier molecular flexibility index (Phi) is 3.41. The first-order chi connectivity index (χ1) is 7.27. The van der Waals surface area contributed by atoms with E-state index in [1.54, 1.807) is 11.3 Å². The van der Waals surface area contributed by atoms with E-state index in [1.807, 2.05) is 0 Å². The predicted molar refractivity (Wildman–Crippen MR) is 62.9 cm³/mol. The maximum absolute atomic E-state index is 11.7. The molecule has 1 aliphatic carbocycles. The summed E-state index contributed by atoms with van der Waals surface area (Å²) < 4.78 is 0. The Morgan fingerprint density at radius 3 is 2.87 bits per heavy atom. The number of aryl methyl sites for hydroxylation is 1. The Bertz CT molecular complexity index is 339. The molecule has 2 rings (SSSR count). The van der Waals surface area contributed by atoms with E-state index in [1.165, 1.54) is 23.3 Å². The summed E-state index contributed by atoms with van der Waals surface area (Å²) in [5, 5.41) is 5.12. The van der Waals surface area contributed by atoms with Crippen molar-refractivity contribution in [1.29, 1.82) is 0 Å². The molecule has 1 N–H and O–H groups in total. The minimum absolute atomic E-state index is 0.250. The fourth-order valence-electron chi connectivity index (χ4n) is 2.08. The number of rotatable bonds is 3. The second-order valence-electron chi connectivity index (χ2n) is 4.23. The highest BCUT2D eigenvalue weighted by Gasteiger charge is 2.22. The molecule has 3 heteroatoms. The number of amides is 1. The molecule has 0 unspecified atom stereocenters. The summed E-state index contributed by atoms with van der Waals surface area (Å²) in [5.74, 6) is 0.533. The van der Waals surface area contributed by atoms with Gasteiger partial charge in [-0.25, -0.2) is 0 Å². The van der Waals surface area contributed by atoms with Crippen molar-refractivity contribution >= 4 is 17.2 Å². The molecule has 1 fully saturated rings. The van der Waals surface area contributed by atoms with Crippen LogP contribution in [0, 0.1) is 12.8 Å². The van der Waals surface area contributed by atoms with Crippen LogP contribution in [0.15, 0.2) is 11.4 Å². The monoisotopic (exact) mass is 223 g/mol. The van der Waals surface area contributed by atoms with Crippen molar-refractivity contribution in [3.05, 3.63) is 21.9 Å². The quantitative estimate of drug-likeness (QED) is 0.838. The first-order valence-electron chi connectivity index (χ1n) is 5.58. The highest BCUT2D eigenvalue weighted by Crippen LogP contribution is 2.25. The second kappa shape index (κ2) is 4.79. The first-order valence-corrected chi connectivity index (χ1v) is 6.46. The lowest BCUT2D eigenvalue weighted by atomic mass is 10.1. The third-order valence-corrected chi connectivity index (χ3v) is 4.14. The molecule has 15 heavy (non-hydrogen) atoms. The van der Waals surface area contributed by atoms with E-state index in [0.29, 0.717) is 6.54 Å². The molecule has 1 heterocycles. The van der Waals surface area contributed by atoms with Crippen LogP contribution in [0.3, 0.4) is 0 Å². The van der Waals surface area contributed by atoms with Crippen LogP contribution in [-0.4, -0.2) is 5.91 Å². The van der Waals surface area contributed by atoms with Gasteiger partial charge < -0.3 is 5.32 Å². The van der Waals surface area contributed by atoms with Crippen molar-refractivity contribution in [3.8, 4) is 0 Å². The van der Waals surface area contributed by atoms with E-state index in [-0.39, 0.29) is 11.8 Å². The zero-order chi connectivity index (χ0) is 10.7. The van der Waals surface area contributed by atoms with Gasteiger partial charge in [-0.1, -0.05) is 12.8 Å². The minimum atomic E-state index is 0.250. The summed E-state index contributed by atoms with van der Waals surface area (Å²) in [6, 6.07) is 2.10. The molecule has 1 saturated carbocycles. The van der Waals surface area contributed by atoms with Gasteiger partial charge in [0.1, 0.15) is 0 Å². The molecule has 0 atom stereocenters. The smallest absolute Gasteiger partial charge is 0.223 e. The number of nitrogens with one attached hydrogen (secondary N) is 1. The van der Waals surface area contributed by atoms with Gasteiger partial charge in [-0.05, 0) is 36.8 Å². The van der Waals surface area contributed by atoms with Crippen LogP contribution in [0.5, 0.6) is 0 Å². The van der Waals surface area contributed by atoms with Gasteiger partial charge in [-0.2, -0.15) is 0 Å². The highest BCUT2D eigenvalue weighted by atomic mass is 32.1. The molecule has 1 aliphatic rings. The third kappa shape index (κ3) is 2.59. The summed E-state index contributed by atoms with van der Waals surface area (Å²) in [7, 11) is 0. The van der Waals surface area contributed by atoms with Gasteiger partial charge in [0.05, 0.1) is 6.54 Å². The number of carbonyl (C=O) groups is 1. The van der Waals surface area contributed by atoms with E-state index >= 15 is 0 Å². The van der Waals surface area contributed by atoms with Crippen molar-refractivity contribution < 1.29 is 4.79 Å². The Morgan fingerprint density at radius 2 is 2.27 bits per heavy atom. The van der Waals surface area contributed by atoms with Crippen molar-refractivity contribution in [2.24, 2.45) is 5.92 Å². The number of carbonyl (C=O) groups excluding carboxylic acids is 1. The van der Waals surface area contributed by atoms with Crippen LogP contribution in [0.1, 0.15) is 36.1 Å². The molecule has 0 spiro atoms. The van der Waals surface area contributed by atoms with Gasteiger partial charge in [-0.3, -0.25) is 4.79 Å². The van der Waals surface area contributed by atoms with Crippen LogP contribution in [0.4, 0.5) is 0 Å². The van der Waals surface area contributed by atoms with Crippen molar-refractivity contribution in [2.75, 3.05) is 0 Å². The van der Waals surface area contributed by atoms with E-state index in [4.69, 9.17) is 0 Å². The maximum Gasteiger partial charge on any atom is 0.223 e. The summed E-state index contributed by atoms with van der Waals surface area (Å²) in [4.78, 5) is 13.0. The Morgan fingerprint density at radius 1 is 1.53 bits per heavy atom. The predicted octanol–water partition coefficient (Wildman–Crippen LogP) is 2.86. The summed E-state index contributed by atoms with van der Waals surface area (Å²) in [5.41, 5.74) is 1.28. The molecular weight excluding hydrogens is 206 g/mol. The average Bonchev–Trinajstić information content (AvgIpc) is 2.85. The lowest BCUT2D eigenvalue weighted by Gasteiger charge is -2.09. The number of hydrogen-bond acceptors (Lipinski definition) is 2. The lowest BCUT2D eigenvalue weighted by Crippen LogP contribution is -2.28. The molecule has 0 aromatic carbocycles. The lowest BCUT2D eigenvalue weighted by molar-refractivity contribution is -0.124. The Labute approximate surface area is 94.7 Å².